The van der Waals surface area contributed by atoms with Gasteiger partial charge in [-0.1, -0.05) is 39.0 Å². The molecule has 1 nitrogen and oxygen atoms in total. The van der Waals surface area contributed by atoms with E-state index >= 15 is 0 Å². The first kappa shape index (κ1) is 18.8. The fourth-order valence-electron chi connectivity index (χ4n) is 2.34. The first-order valence-corrected chi connectivity index (χ1v) is 7.35. The van der Waals surface area contributed by atoms with Crippen LogP contribution >= 0.6 is 0 Å². The summed E-state index contributed by atoms with van der Waals surface area (Å²) in [5.74, 6) is -0.0271. The van der Waals surface area contributed by atoms with Crippen LogP contribution < -0.4 is 0 Å². The molecule has 0 aromatic heterocycles. The van der Waals surface area contributed by atoms with Gasteiger partial charge in [0.05, 0.1) is 5.60 Å². The zero-order valence-corrected chi connectivity index (χ0v) is 12.8. The molecule has 0 saturated heterocycles. The second-order valence-corrected chi connectivity index (χ2v) is 5.86. The molecule has 4 heteroatoms. The monoisotopic (exact) mass is 282 g/mol. The normalized spacial score (nSPS) is 14.7. The second-order valence-electron chi connectivity index (χ2n) is 5.86. The molecule has 0 saturated carbocycles. The molecule has 0 amide bonds. The highest BCUT2D eigenvalue weighted by Gasteiger charge is 2.34. The molecule has 0 spiro atoms. The summed E-state index contributed by atoms with van der Waals surface area (Å²) in [7, 11) is 1.58. The molecule has 116 valence electrons. The maximum Gasteiger partial charge on any atom is 0.389 e. The predicted molar refractivity (Wildman–Crippen MR) is 73.2 cm³/mol. The van der Waals surface area contributed by atoms with E-state index in [1.807, 2.05) is 13.8 Å². The summed E-state index contributed by atoms with van der Waals surface area (Å²) in [6, 6.07) is 0. The summed E-state index contributed by atoms with van der Waals surface area (Å²) in [4.78, 5) is 0. The molecule has 1 unspecified atom stereocenters. The van der Waals surface area contributed by atoms with Crippen molar-refractivity contribution >= 4 is 0 Å². The summed E-state index contributed by atoms with van der Waals surface area (Å²) in [5.41, 5.74) is -0.476. The molecule has 0 rings (SSSR count). The van der Waals surface area contributed by atoms with Gasteiger partial charge in [0, 0.05) is 13.5 Å². The van der Waals surface area contributed by atoms with Gasteiger partial charge in [-0.05, 0) is 32.6 Å². The van der Waals surface area contributed by atoms with Crippen molar-refractivity contribution < 1.29 is 17.9 Å². The van der Waals surface area contributed by atoms with Crippen LogP contribution in [0, 0.1) is 5.92 Å². The molecular formula is C15H29F3O. The van der Waals surface area contributed by atoms with E-state index < -0.39 is 18.2 Å². The van der Waals surface area contributed by atoms with Crippen molar-refractivity contribution in [3.05, 3.63) is 0 Å². The second kappa shape index (κ2) is 8.83. The molecule has 0 bridgehead atoms. The Labute approximate surface area is 115 Å². The molecule has 0 fully saturated rings. The van der Waals surface area contributed by atoms with Crippen LogP contribution in [0.25, 0.3) is 0 Å². The molecule has 0 aromatic carbocycles. The van der Waals surface area contributed by atoms with Gasteiger partial charge in [0.2, 0.25) is 0 Å². The van der Waals surface area contributed by atoms with Crippen LogP contribution in [0.4, 0.5) is 13.2 Å². The number of methoxy groups -OCH3 is 1. The van der Waals surface area contributed by atoms with Crippen LogP contribution in [-0.2, 0) is 4.74 Å². The standard InChI is InChI=1S/C15H29F3O/c1-5-6-7-8-9-10-13(14(2,3)19-4)11-12-15(16,17)18/h13H,5-12H2,1-4H3. The highest BCUT2D eigenvalue weighted by atomic mass is 19.4. The minimum absolute atomic E-state index is 0.0271. The van der Waals surface area contributed by atoms with Crippen molar-refractivity contribution in [2.24, 2.45) is 5.92 Å². The maximum atomic E-state index is 12.4. The van der Waals surface area contributed by atoms with Gasteiger partial charge >= 0.3 is 6.18 Å². The molecule has 0 aliphatic rings. The van der Waals surface area contributed by atoms with Crippen molar-refractivity contribution in [3.63, 3.8) is 0 Å². The number of ether oxygens (including phenoxy) is 1. The highest BCUT2D eigenvalue weighted by molar-refractivity contribution is 4.80. The minimum Gasteiger partial charge on any atom is -0.379 e. The number of hydrogen-bond acceptors (Lipinski definition) is 1. The zero-order chi connectivity index (χ0) is 14.9. The molecule has 0 aromatic rings. The Bertz CT molecular complexity index is 224. The van der Waals surface area contributed by atoms with Gasteiger partial charge in [-0.2, -0.15) is 13.2 Å². The third kappa shape index (κ3) is 9.31. The van der Waals surface area contributed by atoms with Crippen LogP contribution in [0.2, 0.25) is 0 Å². The average molecular weight is 282 g/mol. The van der Waals surface area contributed by atoms with E-state index in [-0.39, 0.29) is 12.3 Å². The first-order valence-electron chi connectivity index (χ1n) is 7.35. The Kier molecular flexibility index (Phi) is 8.71. The zero-order valence-electron chi connectivity index (χ0n) is 12.8. The van der Waals surface area contributed by atoms with Crippen LogP contribution in [0.15, 0.2) is 0 Å². The lowest BCUT2D eigenvalue weighted by Gasteiger charge is -2.33. The van der Waals surface area contributed by atoms with E-state index in [2.05, 4.69) is 6.92 Å². The smallest absolute Gasteiger partial charge is 0.379 e. The van der Waals surface area contributed by atoms with Gasteiger partial charge in [-0.3, -0.25) is 0 Å². The number of alkyl halides is 3. The van der Waals surface area contributed by atoms with Crippen molar-refractivity contribution in [1.29, 1.82) is 0 Å². The Morgan fingerprint density at radius 3 is 2.00 bits per heavy atom. The Balaban J connectivity index is 4.20. The van der Waals surface area contributed by atoms with Crippen LogP contribution in [0.3, 0.4) is 0 Å². The molecule has 0 aliphatic carbocycles. The van der Waals surface area contributed by atoms with Gasteiger partial charge in [-0.15, -0.1) is 0 Å². The molecule has 0 heterocycles. The lowest BCUT2D eigenvalue weighted by molar-refractivity contribution is -0.143. The van der Waals surface area contributed by atoms with E-state index in [9.17, 15) is 13.2 Å². The number of unbranched alkanes of at least 4 members (excludes halogenated alkanes) is 4. The van der Waals surface area contributed by atoms with Crippen molar-refractivity contribution in [1.82, 2.24) is 0 Å². The molecular weight excluding hydrogens is 253 g/mol. The summed E-state index contributed by atoms with van der Waals surface area (Å²) < 4.78 is 42.4. The molecule has 0 radical (unpaired) electrons. The number of halogens is 3. The van der Waals surface area contributed by atoms with Gasteiger partial charge in [-0.25, -0.2) is 0 Å². The topological polar surface area (TPSA) is 9.23 Å². The van der Waals surface area contributed by atoms with Gasteiger partial charge < -0.3 is 4.74 Å². The van der Waals surface area contributed by atoms with Crippen molar-refractivity contribution in [2.45, 2.75) is 83.9 Å². The van der Waals surface area contributed by atoms with E-state index in [0.717, 1.165) is 19.3 Å². The lowest BCUT2D eigenvalue weighted by Crippen LogP contribution is -2.34. The van der Waals surface area contributed by atoms with E-state index in [4.69, 9.17) is 4.74 Å². The molecule has 0 N–H and O–H groups in total. The fraction of sp³-hybridized carbons (Fsp3) is 1.00. The van der Waals surface area contributed by atoms with E-state index in [1.54, 1.807) is 7.11 Å². The Morgan fingerprint density at radius 2 is 1.53 bits per heavy atom. The number of rotatable bonds is 10. The van der Waals surface area contributed by atoms with Crippen LogP contribution in [0.1, 0.15) is 72.1 Å². The first-order chi connectivity index (χ1) is 8.73. The van der Waals surface area contributed by atoms with Crippen molar-refractivity contribution in [2.75, 3.05) is 7.11 Å². The third-order valence-electron chi connectivity index (χ3n) is 3.94. The SMILES string of the molecule is CCCCCCCC(CCC(F)(F)F)C(C)(C)OC. The van der Waals surface area contributed by atoms with Gasteiger partial charge in [0.25, 0.3) is 0 Å². The van der Waals surface area contributed by atoms with Crippen LogP contribution in [-0.4, -0.2) is 18.9 Å². The molecule has 19 heavy (non-hydrogen) atoms. The van der Waals surface area contributed by atoms with Crippen molar-refractivity contribution in [3.8, 4) is 0 Å². The molecule has 1 atom stereocenters. The van der Waals surface area contributed by atoms with Crippen LogP contribution in [0.5, 0.6) is 0 Å². The quantitative estimate of drug-likeness (QED) is 0.465. The summed E-state index contributed by atoms with van der Waals surface area (Å²) in [6.45, 7) is 5.93. The van der Waals surface area contributed by atoms with E-state index in [1.165, 1.54) is 19.3 Å². The van der Waals surface area contributed by atoms with E-state index in [0.29, 0.717) is 0 Å². The molecule has 0 aliphatic heterocycles. The lowest BCUT2D eigenvalue weighted by atomic mass is 9.82. The summed E-state index contributed by atoms with van der Waals surface area (Å²) >= 11 is 0. The summed E-state index contributed by atoms with van der Waals surface area (Å²) in [6.07, 6.45) is 1.88. The minimum atomic E-state index is -4.07. The largest absolute Gasteiger partial charge is 0.389 e. The Hall–Kier alpha value is -0.250. The van der Waals surface area contributed by atoms with Gasteiger partial charge in [0.1, 0.15) is 0 Å². The predicted octanol–water partition coefficient (Wildman–Crippen LogP) is 5.73. The fourth-order valence-corrected chi connectivity index (χ4v) is 2.34. The maximum absolute atomic E-state index is 12.4. The Morgan fingerprint density at radius 1 is 0.947 bits per heavy atom. The average Bonchev–Trinajstić information content (AvgIpc) is 2.31. The number of hydrogen-bond donors (Lipinski definition) is 0. The third-order valence-corrected chi connectivity index (χ3v) is 3.94. The highest BCUT2D eigenvalue weighted by Crippen LogP contribution is 2.34. The summed E-state index contributed by atoms with van der Waals surface area (Å²) in [5, 5.41) is 0. The van der Waals surface area contributed by atoms with Gasteiger partial charge in [0.15, 0.2) is 0 Å².